The molecule has 0 atom stereocenters. The van der Waals surface area contributed by atoms with E-state index in [2.05, 4.69) is 16.0 Å². The fraction of sp³-hybridized carbons (Fsp3) is 0.389. The van der Waals surface area contributed by atoms with Crippen LogP contribution < -0.4 is 16.0 Å². The Bertz CT molecular complexity index is 653. The van der Waals surface area contributed by atoms with E-state index in [9.17, 15) is 14.9 Å². The predicted octanol–water partition coefficient (Wildman–Crippen LogP) is 2.91. The molecule has 0 aliphatic heterocycles. The van der Waals surface area contributed by atoms with Gasteiger partial charge in [-0.2, -0.15) is 5.26 Å². The molecule has 6 nitrogen and oxygen atoms in total. The molecule has 0 bridgehead atoms. The molecule has 1 aliphatic rings. The number of amides is 2. The fourth-order valence-corrected chi connectivity index (χ4v) is 2.67. The lowest BCUT2D eigenvalue weighted by molar-refractivity contribution is -0.118. The summed E-state index contributed by atoms with van der Waals surface area (Å²) in [6.07, 6.45) is 6.81. The number of anilines is 2. The lowest BCUT2D eigenvalue weighted by Gasteiger charge is -2.22. The van der Waals surface area contributed by atoms with E-state index in [1.54, 1.807) is 24.3 Å². The molecule has 0 radical (unpaired) electrons. The molecule has 0 spiro atoms. The second-order valence-corrected chi connectivity index (χ2v) is 5.88. The maximum atomic E-state index is 12.1. The largest absolute Gasteiger partial charge is 0.360 e. The van der Waals surface area contributed by atoms with Gasteiger partial charge in [-0.05, 0) is 37.1 Å². The lowest BCUT2D eigenvalue weighted by atomic mass is 9.95. The molecule has 1 aromatic carbocycles. The smallest absolute Gasteiger partial charge is 0.263 e. The van der Waals surface area contributed by atoms with Crippen molar-refractivity contribution in [3.63, 3.8) is 0 Å². The second-order valence-electron chi connectivity index (χ2n) is 5.88. The van der Waals surface area contributed by atoms with Crippen molar-refractivity contribution in [1.82, 2.24) is 5.32 Å². The third-order valence-corrected chi connectivity index (χ3v) is 3.89. The van der Waals surface area contributed by atoms with Gasteiger partial charge in [-0.15, -0.1) is 0 Å². The molecule has 24 heavy (non-hydrogen) atoms. The third kappa shape index (κ3) is 5.43. The SMILES string of the molecule is CC(=O)Nc1ccc(N/C=C(/C#N)C(=O)NC2CCCCC2)cc1. The van der Waals surface area contributed by atoms with Crippen LogP contribution in [-0.4, -0.2) is 17.9 Å². The first kappa shape index (κ1) is 17.5. The number of nitrogens with zero attached hydrogens (tertiary/aromatic N) is 1. The van der Waals surface area contributed by atoms with E-state index in [1.807, 2.05) is 6.07 Å². The first-order chi connectivity index (χ1) is 11.6. The van der Waals surface area contributed by atoms with Crippen LogP contribution in [0, 0.1) is 11.3 Å². The minimum Gasteiger partial charge on any atom is -0.360 e. The molecule has 1 aromatic rings. The van der Waals surface area contributed by atoms with Crippen LogP contribution in [0.2, 0.25) is 0 Å². The molecule has 3 N–H and O–H groups in total. The van der Waals surface area contributed by atoms with Crippen LogP contribution in [0.25, 0.3) is 0 Å². The summed E-state index contributed by atoms with van der Waals surface area (Å²) in [5.74, 6) is -0.478. The number of nitriles is 1. The van der Waals surface area contributed by atoms with Crippen molar-refractivity contribution in [3.8, 4) is 6.07 Å². The first-order valence-corrected chi connectivity index (χ1v) is 8.14. The van der Waals surface area contributed by atoms with Crippen molar-refractivity contribution >= 4 is 23.2 Å². The summed E-state index contributed by atoms with van der Waals surface area (Å²) in [6, 6.07) is 9.10. The van der Waals surface area contributed by atoms with Gasteiger partial charge in [0.2, 0.25) is 5.91 Å². The van der Waals surface area contributed by atoms with Gasteiger partial charge in [0.15, 0.2) is 0 Å². The van der Waals surface area contributed by atoms with Crippen molar-refractivity contribution in [2.45, 2.75) is 45.1 Å². The summed E-state index contributed by atoms with van der Waals surface area (Å²) >= 11 is 0. The van der Waals surface area contributed by atoms with Gasteiger partial charge in [0, 0.05) is 30.5 Å². The third-order valence-electron chi connectivity index (χ3n) is 3.89. The van der Waals surface area contributed by atoms with Crippen molar-refractivity contribution in [2.24, 2.45) is 0 Å². The van der Waals surface area contributed by atoms with Crippen LogP contribution in [0.15, 0.2) is 36.0 Å². The summed E-state index contributed by atoms with van der Waals surface area (Å²) < 4.78 is 0. The summed E-state index contributed by atoms with van der Waals surface area (Å²) in [7, 11) is 0. The highest BCUT2D eigenvalue weighted by molar-refractivity contribution is 5.97. The molecular weight excluding hydrogens is 304 g/mol. The normalized spacial score (nSPS) is 15.2. The molecule has 0 saturated heterocycles. The number of benzene rings is 1. The van der Waals surface area contributed by atoms with Crippen LogP contribution in [0.1, 0.15) is 39.0 Å². The zero-order chi connectivity index (χ0) is 17.4. The fourth-order valence-electron chi connectivity index (χ4n) is 2.67. The molecule has 1 aliphatic carbocycles. The molecule has 126 valence electrons. The molecule has 0 unspecified atom stereocenters. The monoisotopic (exact) mass is 326 g/mol. The molecule has 2 amide bonds. The van der Waals surface area contributed by atoms with Crippen molar-refractivity contribution in [3.05, 3.63) is 36.0 Å². The minimum atomic E-state index is -0.341. The van der Waals surface area contributed by atoms with Crippen LogP contribution >= 0.6 is 0 Å². The van der Waals surface area contributed by atoms with E-state index >= 15 is 0 Å². The Kier molecular flexibility index (Phi) is 6.38. The number of carbonyl (C=O) groups is 2. The van der Waals surface area contributed by atoms with Crippen LogP contribution in [0.5, 0.6) is 0 Å². The van der Waals surface area contributed by atoms with Gasteiger partial charge in [0.1, 0.15) is 11.6 Å². The average Bonchev–Trinajstić information content (AvgIpc) is 2.57. The van der Waals surface area contributed by atoms with Gasteiger partial charge in [-0.1, -0.05) is 19.3 Å². The van der Waals surface area contributed by atoms with Gasteiger partial charge >= 0.3 is 0 Å². The molecule has 1 saturated carbocycles. The van der Waals surface area contributed by atoms with Crippen LogP contribution in [-0.2, 0) is 9.59 Å². The predicted molar refractivity (Wildman–Crippen MR) is 93.1 cm³/mol. The Morgan fingerprint density at radius 1 is 1.12 bits per heavy atom. The Morgan fingerprint density at radius 3 is 2.33 bits per heavy atom. The van der Waals surface area contributed by atoms with E-state index in [1.165, 1.54) is 19.5 Å². The molecule has 2 rings (SSSR count). The highest BCUT2D eigenvalue weighted by Gasteiger charge is 2.17. The van der Waals surface area contributed by atoms with E-state index < -0.39 is 0 Å². The highest BCUT2D eigenvalue weighted by atomic mass is 16.2. The molecule has 0 heterocycles. The summed E-state index contributed by atoms with van der Waals surface area (Å²) in [4.78, 5) is 23.1. The Morgan fingerprint density at radius 2 is 1.75 bits per heavy atom. The van der Waals surface area contributed by atoms with Gasteiger partial charge in [0.05, 0.1) is 0 Å². The molecule has 1 fully saturated rings. The molecular formula is C18H22N4O2. The summed E-state index contributed by atoms with van der Waals surface area (Å²) in [6.45, 7) is 1.44. The standard InChI is InChI=1S/C18H22N4O2/c1-13(23)21-17-9-7-15(8-10-17)20-12-14(11-19)18(24)22-16-5-3-2-4-6-16/h7-10,12,16,20H,2-6H2,1H3,(H,21,23)(H,22,24)/b14-12-. The minimum absolute atomic E-state index is 0.0477. The number of carbonyl (C=O) groups excluding carboxylic acids is 2. The average molecular weight is 326 g/mol. The summed E-state index contributed by atoms with van der Waals surface area (Å²) in [5.41, 5.74) is 1.46. The van der Waals surface area contributed by atoms with E-state index in [-0.39, 0.29) is 23.4 Å². The number of nitrogens with one attached hydrogen (secondary N) is 3. The van der Waals surface area contributed by atoms with E-state index in [4.69, 9.17) is 0 Å². The Labute approximate surface area is 141 Å². The molecule has 0 aromatic heterocycles. The maximum Gasteiger partial charge on any atom is 0.263 e. The highest BCUT2D eigenvalue weighted by Crippen LogP contribution is 2.18. The van der Waals surface area contributed by atoms with E-state index in [0.29, 0.717) is 5.69 Å². The maximum absolute atomic E-state index is 12.1. The van der Waals surface area contributed by atoms with Gasteiger partial charge in [-0.3, -0.25) is 9.59 Å². The van der Waals surface area contributed by atoms with Gasteiger partial charge in [-0.25, -0.2) is 0 Å². The van der Waals surface area contributed by atoms with Crippen molar-refractivity contribution < 1.29 is 9.59 Å². The number of hydrogen-bond donors (Lipinski definition) is 3. The zero-order valence-electron chi connectivity index (χ0n) is 13.8. The quantitative estimate of drug-likeness (QED) is 0.573. The molecule has 6 heteroatoms. The number of hydrogen-bond acceptors (Lipinski definition) is 4. The van der Waals surface area contributed by atoms with Crippen molar-refractivity contribution in [2.75, 3.05) is 10.6 Å². The second kappa shape index (κ2) is 8.73. The number of rotatable bonds is 5. The summed E-state index contributed by atoms with van der Waals surface area (Å²) in [5, 5.41) is 17.7. The van der Waals surface area contributed by atoms with Crippen LogP contribution in [0.4, 0.5) is 11.4 Å². The van der Waals surface area contributed by atoms with Crippen LogP contribution in [0.3, 0.4) is 0 Å². The Hall–Kier alpha value is -2.81. The topological polar surface area (TPSA) is 94.0 Å². The van der Waals surface area contributed by atoms with Crippen molar-refractivity contribution in [1.29, 1.82) is 5.26 Å². The Balaban J connectivity index is 1.93. The zero-order valence-corrected chi connectivity index (χ0v) is 13.8. The van der Waals surface area contributed by atoms with E-state index in [0.717, 1.165) is 31.4 Å². The van der Waals surface area contributed by atoms with Gasteiger partial charge in [0.25, 0.3) is 5.91 Å². The lowest BCUT2D eigenvalue weighted by Crippen LogP contribution is -2.37. The van der Waals surface area contributed by atoms with Gasteiger partial charge < -0.3 is 16.0 Å². The first-order valence-electron chi connectivity index (χ1n) is 8.14.